The third-order valence-electron chi connectivity index (χ3n) is 6.07. The molecule has 2 amide bonds. The monoisotopic (exact) mass is 423 g/mol. The van der Waals surface area contributed by atoms with Crippen molar-refractivity contribution in [1.82, 2.24) is 24.2 Å². The predicted octanol–water partition coefficient (Wildman–Crippen LogP) is 2.91. The van der Waals surface area contributed by atoms with Crippen molar-refractivity contribution < 1.29 is 9.18 Å². The largest absolute Gasteiger partial charge is 0.354 e. The maximum atomic E-state index is 14.6. The number of piperazine rings is 1. The number of anilines is 2. The smallest absolute Gasteiger partial charge is 0.321 e. The first-order chi connectivity index (χ1) is 15.1. The normalized spacial score (nSPS) is 17.5. The van der Waals surface area contributed by atoms with Gasteiger partial charge < -0.3 is 20.0 Å². The molecule has 8 nitrogen and oxygen atoms in total. The van der Waals surface area contributed by atoms with Crippen LogP contribution >= 0.6 is 0 Å². The maximum Gasteiger partial charge on any atom is 0.321 e. The molecule has 1 N–H and O–H groups in total. The zero-order valence-corrected chi connectivity index (χ0v) is 17.6. The SMILES string of the molecule is CN1CCN(c2cnc3nc(-c4cc(NC(=O)N5CCCC5)ccc4F)ccn23)CC1. The number of halogens is 1. The fraction of sp³-hybridized carbons (Fsp3) is 0.409. The molecule has 162 valence electrons. The Bertz CT molecular complexity index is 1100. The van der Waals surface area contributed by atoms with Gasteiger partial charge in [0.25, 0.3) is 0 Å². The number of nitrogens with zero attached hydrogens (tertiary/aromatic N) is 6. The lowest BCUT2D eigenvalue weighted by Crippen LogP contribution is -2.44. The Morgan fingerprint density at radius 1 is 1.06 bits per heavy atom. The van der Waals surface area contributed by atoms with Crippen molar-refractivity contribution in [3.8, 4) is 11.3 Å². The lowest BCUT2D eigenvalue weighted by molar-refractivity contribution is 0.222. The second-order valence-electron chi connectivity index (χ2n) is 8.21. The van der Waals surface area contributed by atoms with E-state index >= 15 is 0 Å². The molecule has 0 aliphatic carbocycles. The zero-order chi connectivity index (χ0) is 21.4. The van der Waals surface area contributed by atoms with E-state index in [-0.39, 0.29) is 11.8 Å². The van der Waals surface area contributed by atoms with Gasteiger partial charge in [-0.1, -0.05) is 0 Å². The van der Waals surface area contributed by atoms with Crippen LogP contribution in [0, 0.1) is 5.82 Å². The summed E-state index contributed by atoms with van der Waals surface area (Å²) in [5, 5.41) is 2.87. The number of urea groups is 1. The van der Waals surface area contributed by atoms with Crippen LogP contribution in [0.1, 0.15) is 12.8 Å². The number of aromatic nitrogens is 3. The van der Waals surface area contributed by atoms with Gasteiger partial charge in [0.05, 0.1) is 11.9 Å². The second-order valence-corrected chi connectivity index (χ2v) is 8.21. The number of fused-ring (bicyclic) bond motifs is 1. The van der Waals surface area contributed by atoms with Crippen LogP contribution < -0.4 is 10.2 Å². The Kier molecular flexibility index (Phi) is 5.19. The van der Waals surface area contributed by atoms with Crippen molar-refractivity contribution in [1.29, 1.82) is 0 Å². The number of imidazole rings is 1. The van der Waals surface area contributed by atoms with Crippen LogP contribution in [-0.2, 0) is 0 Å². The third-order valence-corrected chi connectivity index (χ3v) is 6.07. The summed E-state index contributed by atoms with van der Waals surface area (Å²) in [5.41, 5.74) is 1.38. The van der Waals surface area contributed by atoms with Gasteiger partial charge in [0, 0.05) is 56.7 Å². The fourth-order valence-corrected chi connectivity index (χ4v) is 4.20. The number of likely N-dealkylation sites (N-methyl/N-ethyl adjacent to an activating group) is 1. The molecule has 2 fully saturated rings. The highest BCUT2D eigenvalue weighted by Gasteiger charge is 2.20. The molecule has 0 unspecified atom stereocenters. The Morgan fingerprint density at radius 2 is 1.84 bits per heavy atom. The van der Waals surface area contributed by atoms with Gasteiger partial charge in [-0.15, -0.1) is 0 Å². The molecule has 9 heteroatoms. The Labute approximate surface area is 180 Å². The molecule has 3 aromatic rings. The van der Waals surface area contributed by atoms with E-state index in [4.69, 9.17) is 0 Å². The lowest BCUT2D eigenvalue weighted by Gasteiger charge is -2.33. The minimum absolute atomic E-state index is 0.149. The number of rotatable bonds is 3. The minimum atomic E-state index is -0.387. The molecule has 0 saturated carbocycles. The Hall–Kier alpha value is -3.20. The molecule has 5 rings (SSSR count). The third kappa shape index (κ3) is 3.93. The van der Waals surface area contributed by atoms with Crippen LogP contribution in [0.2, 0.25) is 0 Å². The van der Waals surface area contributed by atoms with Crippen molar-refractivity contribution in [3.05, 3.63) is 42.5 Å². The molecule has 0 radical (unpaired) electrons. The number of benzene rings is 1. The summed E-state index contributed by atoms with van der Waals surface area (Å²) in [6, 6.07) is 6.21. The van der Waals surface area contributed by atoms with E-state index in [0.717, 1.165) is 57.9 Å². The van der Waals surface area contributed by atoms with Crippen LogP contribution in [0.5, 0.6) is 0 Å². The maximum absolute atomic E-state index is 14.6. The van der Waals surface area contributed by atoms with Gasteiger partial charge in [0.1, 0.15) is 11.6 Å². The molecular formula is C22H26FN7O. The van der Waals surface area contributed by atoms with Crippen molar-refractivity contribution >= 4 is 23.3 Å². The van der Waals surface area contributed by atoms with Gasteiger partial charge in [-0.3, -0.25) is 4.40 Å². The van der Waals surface area contributed by atoms with Crippen LogP contribution in [0.25, 0.3) is 17.0 Å². The van der Waals surface area contributed by atoms with Gasteiger partial charge in [-0.2, -0.15) is 0 Å². The quantitative estimate of drug-likeness (QED) is 0.702. The summed E-state index contributed by atoms with van der Waals surface area (Å²) in [7, 11) is 2.12. The van der Waals surface area contributed by atoms with E-state index in [1.165, 1.54) is 6.07 Å². The minimum Gasteiger partial charge on any atom is -0.354 e. The summed E-state index contributed by atoms with van der Waals surface area (Å²) in [6.07, 6.45) is 5.74. The summed E-state index contributed by atoms with van der Waals surface area (Å²) >= 11 is 0. The molecule has 0 bridgehead atoms. The summed E-state index contributed by atoms with van der Waals surface area (Å²) in [6.45, 7) is 5.37. The van der Waals surface area contributed by atoms with Gasteiger partial charge in [0.2, 0.25) is 5.78 Å². The van der Waals surface area contributed by atoms with Crippen LogP contribution in [0.3, 0.4) is 0 Å². The molecule has 2 aliphatic heterocycles. The average Bonchev–Trinajstić information content (AvgIpc) is 3.45. The topological polar surface area (TPSA) is 69.0 Å². The van der Waals surface area contributed by atoms with Gasteiger partial charge in [-0.25, -0.2) is 19.2 Å². The van der Waals surface area contributed by atoms with Crippen molar-refractivity contribution in [2.45, 2.75) is 12.8 Å². The number of likely N-dealkylation sites (tertiary alicyclic amines) is 1. The van der Waals surface area contributed by atoms with E-state index < -0.39 is 0 Å². The fourth-order valence-electron chi connectivity index (χ4n) is 4.20. The van der Waals surface area contributed by atoms with E-state index in [1.807, 2.05) is 16.8 Å². The predicted molar refractivity (Wildman–Crippen MR) is 118 cm³/mol. The highest BCUT2D eigenvalue weighted by Crippen LogP contribution is 2.27. The number of nitrogens with one attached hydrogen (secondary N) is 1. The Balaban J connectivity index is 1.40. The first kappa shape index (κ1) is 19.7. The number of hydrogen-bond acceptors (Lipinski definition) is 5. The molecule has 0 atom stereocenters. The molecular weight excluding hydrogens is 397 g/mol. The highest BCUT2D eigenvalue weighted by atomic mass is 19.1. The van der Waals surface area contributed by atoms with Gasteiger partial charge in [-0.05, 0) is 44.2 Å². The standard InChI is InChI=1S/C22H26FN7O/c1-27-10-12-28(13-11-27)20-15-24-21-26-19(6-9-30(20)21)17-14-16(4-5-18(17)23)25-22(31)29-7-2-3-8-29/h4-6,9,14-15H,2-3,7-8,10-13H2,1H3,(H,25,31). The first-order valence-electron chi connectivity index (χ1n) is 10.7. The van der Waals surface area contributed by atoms with Crippen LogP contribution in [0.15, 0.2) is 36.7 Å². The highest BCUT2D eigenvalue weighted by molar-refractivity contribution is 5.90. The van der Waals surface area contributed by atoms with Gasteiger partial charge >= 0.3 is 6.03 Å². The molecule has 1 aromatic carbocycles. The molecule has 31 heavy (non-hydrogen) atoms. The number of hydrogen-bond donors (Lipinski definition) is 1. The van der Waals surface area contributed by atoms with E-state index in [1.54, 1.807) is 23.1 Å². The Morgan fingerprint density at radius 3 is 2.61 bits per heavy atom. The van der Waals surface area contributed by atoms with Crippen molar-refractivity contribution in [3.63, 3.8) is 0 Å². The number of carbonyl (C=O) groups excluding carboxylic acids is 1. The number of amides is 2. The summed E-state index contributed by atoms with van der Waals surface area (Å²) in [5.74, 6) is 1.13. The van der Waals surface area contributed by atoms with Gasteiger partial charge in [0.15, 0.2) is 0 Å². The molecule has 2 aliphatic rings. The summed E-state index contributed by atoms with van der Waals surface area (Å²) < 4.78 is 16.6. The van der Waals surface area contributed by atoms with E-state index in [9.17, 15) is 9.18 Å². The van der Waals surface area contributed by atoms with Crippen LogP contribution in [0.4, 0.5) is 20.7 Å². The average molecular weight is 423 g/mol. The van der Waals surface area contributed by atoms with E-state index in [2.05, 4.69) is 32.1 Å². The molecule has 2 saturated heterocycles. The van der Waals surface area contributed by atoms with Crippen molar-refractivity contribution in [2.75, 3.05) is 56.5 Å². The second kappa shape index (κ2) is 8.14. The summed E-state index contributed by atoms with van der Waals surface area (Å²) in [4.78, 5) is 27.8. The lowest BCUT2D eigenvalue weighted by atomic mass is 10.1. The molecule has 4 heterocycles. The zero-order valence-electron chi connectivity index (χ0n) is 17.6. The van der Waals surface area contributed by atoms with E-state index in [0.29, 0.717) is 22.7 Å². The molecule has 2 aromatic heterocycles. The molecule has 0 spiro atoms. The first-order valence-corrected chi connectivity index (χ1v) is 10.7. The van der Waals surface area contributed by atoms with Crippen molar-refractivity contribution in [2.24, 2.45) is 0 Å². The van der Waals surface area contributed by atoms with Crippen LogP contribution in [-0.4, -0.2) is 76.5 Å². The number of carbonyl (C=O) groups is 1.